The van der Waals surface area contributed by atoms with Crippen molar-refractivity contribution in [2.45, 2.75) is 19.4 Å². The van der Waals surface area contributed by atoms with Gasteiger partial charge in [-0.1, -0.05) is 6.07 Å². The largest absolute Gasteiger partial charge is 0.354 e. The van der Waals surface area contributed by atoms with Crippen LogP contribution in [0.2, 0.25) is 0 Å². The summed E-state index contributed by atoms with van der Waals surface area (Å²) in [4.78, 5) is 6.37. The van der Waals surface area contributed by atoms with Gasteiger partial charge in [0.1, 0.15) is 0 Å². The third-order valence-electron chi connectivity index (χ3n) is 3.17. The lowest BCUT2D eigenvalue weighted by Gasteiger charge is -2.35. The number of hydrogen-bond acceptors (Lipinski definition) is 2. The first-order valence-corrected chi connectivity index (χ1v) is 6.62. The van der Waals surface area contributed by atoms with Gasteiger partial charge in [0.15, 0.2) is 5.11 Å². The minimum Gasteiger partial charge on any atom is -0.354 e. The summed E-state index contributed by atoms with van der Waals surface area (Å²) in [5, 5.41) is 5.13. The van der Waals surface area contributed by atoms with Gasteiger partial charge >= 0.3 is 0 Å². The Kier molecular flexibility index (Phi) is 2.75. The van der Waals surface area contributed by atoms with Crippen molar-refractivity contribution in [1.82, 2.24) is 10.3 Å². The molecule has 1 aliphatic heterocycles. The number of benzene rings is 1. The van der Waals surface area contributed by atoms with Gasteiger partial charge in [-0.15, -0.1) is 0 Å². The monoisotopic (exact) mass is 269 g/mol. The van der Waals surface area contributed by atoms with E-state index >= 15 is 0 Å². The third-order valence-corrected chi connectivity index (χ3v) is 3.47. The lowest BCUT2D eigenvalue weighted by atomic mass is 10.0. The molecule has 0 atom stereocenters. The van der Waals surface area contributed by atoms with Gasteiger partial charge < -0.3 is 5.32 Å². The predicted molar refractivity (Wildman–Crippen MR) is 83.2 cm³/mol. The predicted octanol–water partition coefficient (Wildman–Crippen LogP) is 3.22. The van der Waals surface area contributed by atoms with E-state index in [0.29, 0.717) is 5.11 Å². The number of pyridine rings is 1. The normalized spacial score (nSPS) is 17.6. The summed E-state index contributed by atoms with van der Waals surface area (Å²) in [6.45, 7) is 4.19. The van der Waals surface area contributed by atoms with Crippen molar-refractivity contribution in [3.05, 3.63) is 48.8 Å². The van der Waals surface area contributed by atoms with E-state index in [0.717, 1.165) is 16.6 Å². The number of fused-ring (bicyclic) bond motifs is 1. The molecule has 0 saturated heterocycles. The fourth-order valence-corrected chi connectivity index (χ4v) is 2.62. The van der Waals surface area contributed by atoms with Crippen molar-refractivity contribution in [2.24, 2.45) is 0 Å². The number of aromatic nitrogens is 1. The number of anilines is 1. The van der Waals surface area contributed by atoms with Crippen molar-refractivity contribution in [2.75, 3.05) is 4.90 Å². The molecule has 0 radical (unpaired) electrons. The quantitative estimate of drug-likeness (QED) is 0.805. The topological polar surface area (TPSA) is 28.2 Å². The Bertz CT molecular complexity index is 671. The molecule has 0 bridgehead atoms. The van der Waals surface area contributed by atoms with E-state index in [1.807, 2.05) is 29.3 Å². The third kappa shape index (κ3) is 2.19. The number of hydrogen-bond donors (Lipinski definition) is 1. The fraction of sp³-hybridized carbons (Fsp3) is 0.200. The average Bonchev–Trinajstić information content (AvgIpc) is 2.37. The molecular formula is C15H15N3S. The van der Waals surface area contributed by atoms with Gasteiger partial charge in [-0.25, -0.2) is 0 Å². The van der Waals surface area contributed by atoms with E-state index in [4.69, 9.17) is 12.2 Å². The maximum absolute atomic E-state index is 5.46. The maximum atomic E-state index is 5.46. The van der Waals surface area contributed by atoms with E-state index in [9.17, 15) is 0 Å². The molecule has 0 fully saturated rings. The smallest absolute Gasteiger partial charge is 0.178 e. The second kappa shape index (κ2) is 4.31. The molecule has 1 N–H and O–H groups in total. The molecule has 0 unspecified atom stereocenters. The second-order valence-electron chi connectivity index (χ2n) is 5.18. The molecule has 0 amide bonds. The minimum absolute atomic E-state index is 0.101. The fourth-order valence-electron chi connectivity index (χ4n) is 2.19. The van der Waals surface area contributed by atoms with E-state index in [2.05, 4.69) is 42.4 Å². The maximum Gasteiger partial charge on any atom is 0.178 e. The summed E-state index contributed by atoms with van der Waals surface area (Å²) < 4.78 is 0. The summed E-state index contributed by atoms with van der Waals surface area (Å²) in [7, 11) is 0. The van der Waals surface area contributed by atoms with Crippen LogP contribution in [0.25, 0.3) is 10.9 Å². The van der Waals surface area contributed by atoms with Crippen LogP contribution < -0.4 is 10.2 Å². The Labute approximate surface area is 117 Å². The molecule has 2 aromatic rings. The van der Waals surface area contributed by atoms with Crippen molar-refractivity contribution >= 4 is 33.9 Å². The zero-order chi connectivity index (χ0) is 13.5. The molecule has 1 aromatic heterocycles. The first-order chi connectivity index (χ1) is 9.07. The van der Waals surface area contributed by atoms with Gasteiger partial charge in [0, 0.05) is 17.8 Å². The Morgan fingerprint density at radius 1 is 1.21 bits per heavy atom. The van der Waals surface area contributed by atoms with Gasteiger partial charge in [-0.05, 0) is 56.4 Å². The number of rotatable bonds is 1. The Balaban J connectivity index is 2.13. The zero-order valence-corrected chi connectivity index (χ0v) is 11.7. The standard InChI is InChI=1S/C15H15N3S/c1-15(2)8-10-18(14(19)17-15)13-7-3-6-12-11(13)5-4-9-16-12/h3-10H,1-2H3,(H,17,19). The number of thiocarbonyl (C=S) groups is 1. The van der Waals surface area contributed by atoms with Crippen LogP contribution in [0.1, 0.15) is 13.8 Å². The summed E-state index contributed by atoms with van der Waals surface area (Å²) in [6.07, 6.45) is 5.94. The lowest BCUT2D eigenvalue weighted by Crippen LogP contribution is -2.51. The highest BCUT2D eigenvalue weighted by Gasteiger charge is 2.24. The molecule has 1 aromatic carbocycles. The van der Waals surface area contributed by atoms with Crippen LogP contribution in [-0.2, 0) is 0 Å². The lowest BCUT2D eigenvalue weighted by molar-refractivity contribution is 0.567. The van der Waals surface area contributed by atoms with Crippen LogP contribution in [0.3, 0.4) is 0 Å². The van der Waals surface area contributed by atoms with Crippen molar-refractivity contribution in [3.8, 4) is 0 Å². The summed E-state index contributed by atoms with van der Waals surface area (Å²) in [5.41, 5.74) is 1.92. The van der Waals surface area contributed by atoms with Crippen LogP contribution in [0, 0.1) is 0 Å². The second-order valence-corrected chi connectivity index (χ2v) is 5.57. The molecule has 0 saturated carbocycles. The van der Waals surface area contributed by atoms with Crippen LogP contribution >= 0.6 is 12.2 Å². The van der Waals surface area contributed by atoms with Gasteiger partial charge in [0.05, 0.1) is 16.7 Å². The molecular weight excluding hydrogens is 254 g/mol. The summed E-state index contributed by atoms with van der Waals surface area (Å²) in [5.74, 6) is 0. The highest BCUT2D eigenvalue weighted by molar-refractivity contribution is 7.80. The first-order valence-electron chi connectivity index (χ1n) is 6.21. The molecule has 19 heavy (non-hydrogen) atoms. The van der Waals surface area contributed by atoms with Crippen molar-refractivity contribution in [1.29, 1.82) is 0 Å². The van der Waals surface area contributed by atoms with E-state index in [1.54, 1.807) is 6.20 Å². The van der Waals surface area contributed by atoms with Gasteiger partial charge in [-0.3, -0.25) is 9.88 Å². The van der Waals surface area contributed by atoms with Crippen molar-refractivity contribution < 1.29 is 0 Å². The minimum atomic E-state index is -0.101. The van der Waals surface area contributed by atoms with Crippen LogP contribution in [0.15, 0.2) is 48.8 Å². The van der Waals surface area contributed by atoms with Crippen LogP contribution in [0.5, 0.6) is 0 Å². The van der Waals surface area contributed by atoms with Crippen molar-refractivity contribution in [3.63, 3.8) is 0 Å². The zero-order valence-electron chi connectivity index (χ0n) is 10.9. The molecule has 3 nitrogen and oxygen atoms in total. The van der Waals surface area contributed by atoms with E-state index in [1.165, 1.54) is 0 Å². The summed E-state index contributed by atoms with van der Waals surface area (Å²) in [6, 6.07) is 10.1. The Morgan fingerprint density at radius 2 is 2.05 bits per heavy atom. The molecule has 4 heteroatoms. The molecule has 3 rings (SSSR count). The molecule has 2 heterocycles. The highest BCUT2D eigenvalue weighted by atomic mass is 32.1. The average molecular weight is 269 g/mol. The van der Waals surface area contributed by atoms with E-state index < -0.39 is 0 Å². The van der Waals surface area contributed by atoms with Crippen LogP contribution in [-0.4, -0.2) is 15.6 Å². The molecule has 0 aliphatic carbocycles. The number of nitrogens with one attached hydrogen (secondary N) is 1. The van der Waals surface area contributed by atoms with Gasteiger partial charge in [0.2, 0.25) is 0 Å². The van der Waals surface area contributed by atoms with Gasteiger partial charge in [-0.2, -0.15) is 0 Å². The SMILES string of the molecule is CC1(C)C=CN(c2cccc3ncccc23)C(=S)N1. The molecule has 1 aliphatic rings. The first kappa shape index (κ1) is 12.1. The Hall–Kier alpha value is -1.94. The number of nitrogens with zero attached hydrogens (tertiary/aromatic N) is 2. The molecule has 96 valence electrons. The summed E-state index contributed by atoms with van der Waals surface area (Å²) >= 11 is 5.46. The van der Waals surface area contributed by atoms with E-state index in [-0.39, 0.29) is 5.54 Å². The Morgan fingerprint density at radius 3 is 2.84 bits per heavy atom. The van der Waals surface area contributed by atoms with Crippen LogP contribution in [0.4, 0.5) is 5.69 Å². The van der Waals surface area contributed by atoms with Gasteiger partial charge in [0.25, 0.3) is 0 Å². The highest BCUT2D eigenvalue weighted by Crippen LogP contribution is 2.28. The molecule has 0 spiro atoms.